The first-order chi connectivity index (χ1) is 6.64. The summed E-state index contributed by atoms with van der Waals surface area (Å²) >= 11 is 0. The van der Waals surface area contributed by atoms with E-state index in [1.54, 1.807) is 11.8 Å². The summed E-state index contributed by atoms with van der Waals surface area (Å²) in [5.41, 5.74) is -0.397. The third-order valence-electron chi connectivity index (χ3n) is 3.17. The summed E-state index contributed by atoms with van der Waals surface area (Å²) in [6.45, 7) is 3.48. The summed E-state index contributed by atoms with van der Waals surface area (Å²) in [4.78, 5) is 24.4. The van der Waals surface area contributed by atoms with Gasteiger partial charge in [0.2, 0.25) is 11.8 Å². The molecule has 5 heteroatoms. The van der Waals surface area contributed by atoms with Gasteiger partial charge in [0.05, 0.1) is 6.67 Å². The predicted octanol–water partition coefficient (Wildman–Crippen LogP) is -0.956. The van der Waals surface area contributed by atoms with Crippen LogP contribution in [0.1, 0.15) is 19.8 Å². The van der Waals surface area contributed by atoms with E-state index in [-0.39, 0.29) is 11.8 Å². The number of hydrogen-bond donors (Lipinski definition) is 2. The summed E-state index contributed by atoms with van der Waals surface area (Å²) in [6.07, 6.45) is 1.44. The molecular weight excluding hydrogens is 182 g/mol. The second kappa shape index (κ2) is 3.24. The third-order valence-corrected chi connectivity index (χ3v) is 3.17. The minimum absolute atomic E-state index is 0.0840. The Hall–Kier alpha value is -1.10. The van der Waals surface area contributed by atoms with Crippen LogP contribution in [0.15, 0.2) is 0 Å². The summed E-state index contributed by atoms with van der Waals surface area (Å²) in [7, 11) is 0. The van der Waals surface area contributed by atoms with E-state index in [1.165, 1.54) is 0 Å². The standard InChI is InChI=1S/C9H15N3O2/c1-7(13)12-4-2-9(3-5-12)8(14)10-6-11-9/h11H,2-6H2,1H3,(H,10,14). The molecule has 0 aromatic rings. The molecule has 0 saturated carbocycles. The van der Waals surface area contributed by atoms with E-state index in [1.807, 2.05) is 0 Å². The number of piperidine rings is 1. The highest BCUT2D eigenvalue weighted by molar-refractivity contribution is 5.88. The molecule has 2 fully saturated rings. The number of hydrogen-bond acceptors (Lipinski definition) is 3. The van der Waals surface area contributed by atoms with Gasteiger partial charge < -0.3 is 10.2 Å². The molecule has 2 rings (SSSR count). The van der Waals surface area contributed by atoms with Crippen molar-refractivity contribution < 1.29 is 9.59 Å². The van der Waals surface area contributed by atoms with Gasteiger partial charge in [-0.25, -0.2) is 0 Å². The van der Waals surface area contributed by atoms with E-state index in [9.17, 15) is 9.59 Å². The number of amides is 2. The van der Waals surface area contributed by atoms with Gasteiger partial charge in [-0.1, -0.05) is 0 Å². The molecule has 2 saturated heterocycles. The number of nitrogens with zero attached hydrogens (tertiary/aromatic N) is 1. The number of likely N-dealkylation sites (tertiary alicyclic amines) is 1. The molecule has 0 radical (unpaired) electrons. The van der Waals surface area contributed by atoms with Crippen LogP contribution in [0.4, 0.5) is 0 Å². The second-order valence-corrected chi connectivity index (χ2v) is 3.95. The van der Waals surface area contributed by atoms with Gasteiger partial charge in [-0.2, -0.15) is 0 Å². The largest absolute Gasteiger partial charge is 0.343 e. The lowest BCUT2D eigenvalue weighted by atomic mass is 9.88. The Labute approximate surface area is 82.8 Å². The van der Waals surface area contributed by atoms with Gasteiger partial charge in [-0.3, -0.25) is 14.9 Å². The zero-order chi connectivity index (χ0) is 10.2. The molecule has 0 bridgehead atoms. The third kappa shape index (κ3) is 1.37. The first kappa shape index (κ1) is 9.45. The van der Waals surface area contributed by atoms with Crippen molar-refractivity contribution in [2.75, 3.05) is 19.8 Å². The van der Waals surface area contributed by atoms with Crippen molar-refractivity contribution in [3.05, 3.63) is 0 Å². The van der Waals surface area contributed by atoms with Gasteiger partial charge >= 0.3 is 0 Å². The van der Waals surface area contributed by atoms with Crippen LogP contribution in [-0.2, 0) is 9.59 Å². The van der Waals surface area contributed by atoms with Crippen LogP contribution in [0.3, 0.4) is 0 Å². The van der Waals surface area contributed by atoms with Gasteiger partial charge in [-0.05, 0) is 12.8 Å². The average molecular weight is 197 g/mol. The Balaban J connectivity index is 2.01. The molecule has 0 unspecified atom stereocenters. The van der Waals surface area contributed by atoms with Crippen molar-refractivity contribution in [1.82, 2.24) is 15.5 Å². The highest BCUT2D eigenvalue weighted by Gasteiger charge is 2.44. The molecule has 0 aromatic heterocycles. The van der Waals surface area contributed by atoms with Gasteiger partial charge in [0.25, 0.3) is 0 Å². The maximum atomic E-state index is 11.6. The fourth-order valence-electron chi connectivity index (χ4n) is 2.15. The minimum Gasteiger partial charge on any atom is -0.343 e. The molecule has 0 aromatic carbocycles. The molecule has 0 atom stereocenters. The smallest absolute Gasteiger partial charge is 0.241 e. The van der Waals surface area contributed by atoms with Crippen molar-refractivity contribution >= 4 is 11.8 Å². The van der Waals surface area contributed by atoms with Gasteiger partial charge in [0.15, 0.2) is 0 Å². The lowest BCUT2D eigenvalue weighted by Crippen LogP contribution is -2.55. The van der Waals surface area contributed by atoms with E-state index in [4.69, 9.17) is 0 Å². The van der Waals surface area contributed by atoms with Gasteiger partial charge in [-0.15, -0.1) is 0 Å². The Morgan fingerprint density at radius 1 is 1.43 bits per heavy atom. The summed E-state index contributed by atoms with van der Waals surface area (Å²) in [5, 5.41) is 5.95. The van der Waals surface area contributed by atoms with E-state index >= 15 is 0 Å². The van der Waals surface area contributed by atoms with Crippen LogP contribution >= 0.6 is 0 Å². The summed E-state index contributed by atoms with van der Waals surface area (Å²) in [6, 6.07) is 0. The van der Waals surface area contributed by atoms with Crippen molar-refractivity contribution in [1.29, 1.82) is 0 Å². The normalized spacial score (nSPS) is 25.2. The van der Waals surface area contributed by atoms with Crippen molar-refractivity contribution in [2.24, 2.45) is 0 Å². The van der Waals surface area contributed by atoms with Crippen molar-refractivity contribution in [3.63, 3.8) is 0 Å². The lowest BCUT2D eigenvalue weighted by molar-refractivity contribution is -0.134. The van der Waals surface area contributed by atoms with Crippen LogP contribution in [0.2, 0.25) is 0 Å². The summed E-state index contributed by atoms with van der Waals surface area (Å²) in [5.74, 6) is 0.180. The molecule has 1 spiro atoms. The Morgan fingerprint density at radius 3 is 2.50 bits per heavy atom. The number of carbonyl (C=O) groups excluding carboxylic acids is 2. The lowest BCUT2D eigenvalue weighted by Gasteiger charge is -2.36. The first-order valence-corrected chi connectivity index (χ1v) is 4.93. The maximum Gasteiger partial charge on any atom is 0.241 e. The maximum absolute atomic E-state index is 11.6. The Bertz CT molecular complexity index is 269. The van der Waals surface area contributed by atoms with Crippen LogP contribution in [0.5, 0.6) is 0 Å². The zero-order valence-corrected chi connectivity index (χ0v) is 8.30. The fraction of sp³-hybridized carbons (Fsp3) is 0.778. The van der Waals surface area contributed by atoms with E-state index in [2.05, 4.69) is 10.6 Å². The Kier molecular flexibility index (Phi) is 2.19. The van der Waals surface area contributed by atoms with Crippen LogP contribution in [-0.4, -0.2) is 42.0 Å². The predicted molar refractivity (Wildman–Crippen MR) is 50.4 cm³/mol. The van der Waals surface area contributed by atoms with Crippen LogP contribution in [0.25, 0.3) is 0 Å². The summed E-state index contributed by atoms with van der Waals surface area (Å²) < 4.78 is 0. The van der Waals surface area contributed by atoms with Crippen LogP contribution < -0.4 is 10.6 Å². The number of carbonyl (C=O) groups is 2. The van der Waals surface area contributed by atoms with E-state index < -0.39 is 5.54 Å². The van der Waals surface area contributed by atoms with Crippen molar-refractivity contribution in [2.45, 2.75) is 25.3 Å². The second-order valence-electron chi connectivity index (χ2n) is 3.95. The molecule has 78 valence electrons. The van der Waals surface area contributed by atoms with Crippen molar-refractivity contribution in [3.8, 4) is 0 Å². The topological polar surface area (TPSA) is 61.4 Å². The molecule has 5 nitrogen and oxygen atoms in total. The minimum atomic E-state index is -0.397. The van der Waals surface area contributed by atoms with Gasteiger partial charge in [0.1, 0.15) is 5.54 Å². The molecule has 14 heavy (non-hydrogen) atoms. The fourth-order valence-corrected chi connectivity index (χ4v) is 2.15. The molecule has 0 aliphatic carbocycles. The Morgan fingerprint density at radius 2 is 2.07 bits per heavy atom. The van der Waals surface area contributed by atoms with Crippen LogP contribution in [0, 0.1) is 0 Å². The molecule has 2 aliphatic heterocycles. The highest BCUT2D eigenvalue weighted by Crippen LogP contribution is 2.24. The first-order valence-electron chi connectivity index (χ1n) is 4.93. The SMILES string of the molecule is CC(=O)N1CCC2(CC1)NCNC2=O. The highest BCUT2D eigenvalue weighted by atomic mass is 16.2. The molecule has 2 heterocycles. The van der Waals surface area contributed by atoms with E-state index in [0.717, 1.165) is 12.8 Å². The van der Waals surface area contributed by atoms with Gasteiger partial charge in [0, 0.05) is 20.0 Å². The number of nitrogens with one attached hydrogen (secondary N) is 2. The monoisotopic (exact) mass is 197 g/mol. The molecule has 2 amide bonds. The average Bonchev–Trinajstić information content (AvgIpc) is 2.49. The van der Waals surface area contributed by atoms with E-state index in [0.29, 0.717) is 19.8 Å². The quantitative estimate of drug-likeness (QED) is 0.526. The molecule has 2 aliphatic rings. The molecular formula is C9H15N3O2. The molecule has 2 N–H and O–H groups in total. The zero-order valence-electron chi connectivity index (χ0n) is 8.30. The number of rotatable bonds is 0.